The molecule has 0 aliphatic rings. The van der Waals surface area contributed by atoms with Crippen molar-refractivity contribution in [2.75, 3.05) is 7.11 Å². The van der Waals surface area contributed by atoms with Crippen LogP contribution in [0.2, 0.25) is 0 Å². The summed E-state index contributed by atoms with van der Waals surface area (Å²) in [4.78, 5) is 4.18. The lowest BCUT2D eigenvalue weighted by Gasteiger charge is -2.07. The van der Waals surface area contributed by atoms with E-state index in [2.05, 4.69) is 4.98 Å². The smallest absolute Gasteiger partial charge is 0.145 e. The molecular formula is C14H16N2O2. The van der Waals surface area contributed by atoms with Gasteiger partial charge in [-0.05, 0) is 29.8 Å². The number of nitrogens with zero attached hydrogens (tertiary/aromatic N) is 1. The zero-order valence-electron chi connectivity index (χ0n) is 10.3. The second-order valence-corrected chi connectivity index (χ2v) is 3.87. The van der Waals surface area contributed by atoms with Gasteiger partial charge in [-0.2, -0.15) is 0 Å². The summed E-state index contributed by atoms with van der Waals surface area (Å²) in [5.74, 6) is 1.47. The summed E-state index contributed by atoms with van der Waals surface area (Å²) in [6.07, 6.45) is 1.67. The van der Waals surface area contributed by atoms with E-state index in [9.17, 15) is 0 Å². The minimum absolute atomic E-state index is 0.434. The Kier molecular flexibility index (Phi) is 4.28. The minimum Gasteiger partial charge on any atom is -0.456 e. The average Bonchev–Trinajstić information content (AvgIpc) is 2.40. The van der Waals surface area contributed by atoms with Gasteiger partial charge in [0.1, 0.15) is 11.5 Å². The summed E-state index contributed by atoms with van der Waals surface area (Å²) in [7, 11) is 1.67. The molecule has 2 aromatic rings. The van der Waals surface area contributed by atoms with Crippen LogP contribution in [0.1, 0.15) is 11.3 Å². The molecule has 2 rings (SSSR count). The highest BCUT2D eigenvalue weighted by Crippen LogP contribution is 2.21. The normalized spacial score (nSPS) is 10.3. The third kappa shape index (κ3) is 3.29. The van der Waals surface area contributed by atoms with Crippen LogP contribution < -0.4 is 10.5 Å². The number of nitrogens with two attached hydrogens (primary N) is 1. The molecule has 94 valence electrons. The molecule has 0 aliphatic heterocycles. The molecule has 1 heterocycles. The van der Waals surface area contributed by atoms with Crippen LogP contribution in [0.15, 0.2) is 42.6 Å². The van der Waals surface area contributed by atoms with Crippen molar-refractivity contribution in [2.24, 2.45) is 5.73 Å². The fourth-order valence-electron chi connectivity index (χ4n) is 1.59. The standard InChI is InChI=1S/C14H16N2O2/c1-17-10-11-3-2-4-13(7-11)18-14-6-5-12(8-15)16-9-14/h2-7,9H,8,10,15H2,1H3. The number of aromatic nitrogens is 1. The van der Waals surface area contributed by atoms with Crippen LogP contribution in [0.3, 0.4) is 0 Å². The van der Waals surface area contributed by atoms with Crippen molar-refractivity contribution in [1.82, 2.24) is 4.98 Å². The Morgan fingerprint density at radius 3 is 2.72 bits per heavy atom. The SMILES string of the molecule is COCc1cccc(Oc2ccc(CN)nc2)c1. The van der Waals surface area contributed by atoms with Gasteiger partial charge in [0.05, 0.1) is 18.5 Å². The topological polar surface area (TPSA) is 57.4 Å². The Labute approximate surface area is 106 Å². The van der Waals surface area contributed by atoms with Crippen LogP contribution in [0.4, 0.5) is 0 Å². The maximum Gasteiger partial charge on any atom is 0.145 e. The van der Waals surface area contributed by atoms with Gasteiger partial charge in [0.25, 0.3) is 0 Å². The monoisotopic (exact) mass is 244 g/mol. The summed E-state index contributed by atoms with van der Waals surface area (Å²) in [6, 6.07) is 11.5. The minimum atomic E-state index is 0.434. The molecule has 0 saturated heterocycles. The lowest BCUT2D eigenvalue weighted by atomic mass is 10.2. The van der Waals surface area contributed by atoms with E-state index in [0.29, 0.717) is 18.9 Å². The van der Waals surface area contributed by atoms with E-state index in [1.54, 1.807) is 13.3 Å². The zero-order valence-corrected chi connectivity index (χ0v) is 10.3. The van der Waals surface area contributed by atoms with Crippen molar-refractivity contribution < 1.29 is 9.47 Å². The van der Waals surface area contributed by atoms with Crippen molar-refractivity contribution in [3.05, 3.63) is 53.9 Å². The number of hydrogen-bond donors (Lipinski definition) is 1. The maximum atomic E-state index is 5.71. The van der Waals surface area contributed by atoms with E-state index in [0.717, 1.165) is 17.0 Å². The Morgan fingerprint density at radius 2 is 2.06 bits per heavy atom. The van der Waals surface area contributed by atoms with Crippen molar-refractivity contribution in [1.29, 1.82) is 0 Å². The molecule has 1 aromatic carbocycles. The highest BCUT2D eigenvalue weighted by atomic mass is 16.5. The number of benzene rings is 1. The average molecular weight is 244 g/mol. The molecule has 0 spiro atoms. The summed E-state index contributed by atoms with van der Waals surface area (Å²) < 4.78 is 10.8. The summed E-state index contributed by atoms with van der Waals surface area (Å²) in [5, 5.41) is 0. The first kappa shape index (κ1) is 12.5. The number of methoxy groups -OCH3 is 1. The van der Waals surface area contributed by atoms with Crippen molar-refractivity contribution >= 4 is 0 Å². The van der Waals surface area contributed by atoms with E-state index >= 15 is 0 Å². The number of pyridine rings is 1. The highest BCUT2D eigenvalue weighted by Gasteiger charge is 2.00. The molecule has 0 unspecified atom stereocenters. The van der Waals surface area contributed by atoms with Gasteiger partial charge in [-0.3, -0.25) is 4.98 Å². The third-order valence-corrected chi connectivity index (χ3v) is 2.45. The molecule has 4 heteroatoms. The van der Waals surface area contributed by atoms with Crippen LogP contribution in [-0.4, -0.2) is 12.1 Å². The van der Waals surface area contributed by atoms with Crippen LogP contribution in [0.25, 0.3) is 0 Å². The third-order valence-electron chi connectivity index (χ3n) is 2.45. The molecule has 18 heavy (non-hydrogen) atoms. The summed E-state index contributed by atoms with van der Waals surface area (Å²) >= 11 is 0. The maximum absolute atomic E-state index is 5.71. The molecule has 0 aliphatic carbocycles. The first-order valence-corrected chi connectivity index (χ1v) is 5.72. The van der Waals surface area contributed by atoms with Gasteiger partial charge < -0.3 is 15.2 Å². The van der Waals surface area contributed by atoms with Gasteiger partial charge in [-0.25, -0.2) is 0 Å². The van der Waals surface area contributed by atoms with Gasteiger partial charge in [0.15, 0.2) is 0 Å². The van der Waals surface area contributed by atoms with E-state index in [-0.39, 0.29) is 0 Å². The predicted octanol–water partition coefficient (Wildman–Crippen LogP) is 2.48. The van der Waals surface area contributed by atoms with Crippen molar-refractivity contribution in [3.63, 3.8) is 0 Å². The number of ether oxygens (including phenoxy) is 2. The van der Waals surface area contributed by atoms with Crippen LogP contribution in [0, 0.1) is 0 Å². The molecular weight excluding hydrogens is 228 g/mol. The molecule has 0 fully saturated rings. The van der Waals surface area contributed by atoms with E-state index < -0.39 is 0 Å². The van der Waals surface area contributed by atoms with Gasteiger partial charge >= 0.3 is 0 Å². The highest BCUT2D eigenvalue weighted by molar-refractivity contribution is 5.33. The second kappa shape index (κ2) is 6.14. The largest absolute Gasteiger partial charge is 0.456 e. The van der Waals surface area contributed by atoms with Gasteiger partial charge in [0.2, 0.25) is 0 Å². The number of rotatable bonds is 5. The molecule has 0 bridgehead atoms. The van der Waals surface area contributed by atoms with Gasteiger partial charge in [-0.15, -0.1) is 0 Å². The van der Waals surface area contributed by atoms with Crippen LogP contribution >= 0.6 is 0 Å². The first-order chi connectivity index (χ1) is 8.81. The predicted molar refractivity (Wildman–Crippen MR) is 69.4 cm³/mol. The lowest BCUT2D eigenvalue weighted by molar-refractivity contribution is 0.184. The van der Waals surface area contributed by atoms with Crippen molar-refractivity contribution in [2.45, 2.75) is 13.2 Å². The van der Waals surface area contributed by atoms with E-state index in [1.807, 2.05) is 36.4 Å². The van der Waals surface area contributed by atoms with Crippen LogP contribution in [0.5, 0.6) is 11.5 Å². The van der Waals surface area contributed by atoms with Crippen molar-refractivity contribution in [3.8, 4) is 11.5 Å². The van der Waals surface area contributed by atoms with E-state index in [4.69, 9.17) is 15.2 Å². The summed E-state index contributed by atoms with van der Waals surface area (Å²) in [6.45, 7) is 1.01. The van der Waals surface area contributed by atoms with Gasteiger partial charge in [0, 0.05) is 13.7 Å². The molecule has 0 atom stereocenters. The zero-order chi connectivity index (χ0) is 12.8. The molecule has 0 amide bonds. The fourth-order valence-corrected chi connectivity index (χ4v) is 1.59. The molecule has 1 aromatic heterocycles. The van der Waals surface area contributed by atoms with E-state index in [1.165, 1.54) is 0 Å². The van der Waals surface area contributed by atoms with Crippen LogP contribution in [-0.2, 0) is 17.9 Å². The Morgan fingerprint density at radius 1 is 1.17 bits per heavy atom. The van der Waals surface area contributed by atoms with Gasteiger partial charge in [-0.1, -0.05) is 12.1 Å². The Hall–Kier alpha value is -1.91. The Balaban J connectivity index is 2.09. The first-order valence-electron chi connectivity index (χ1n) is 5.72. The molecule has 0 saturated carbocycles. The lowest BCUT2D eigenvalue weighted by Crippen LogP contribution is -1.98. The molecule has 0 radical (unpaired) electrons. The molecule has 4 nitrogen and oxygen atoms in total. The number of hydrogen-bond acceptors (Lipinski definition) is 4. The quantitative estimate of drug-likeness (QED) is 0.877. The fraction of sp³-hybridized carbons (Fsp3) is 0.214. The summed E-state index contributed by atoms with van der Waals surface area (Å²) in [5.41, 5.74) is 7.40. The molecule has 2 N–H and O–H groups in total. The Bertz CT molecular complexity index is 497. The second-order valence-electron chi connectivity index (χ2n) is 3.87.